The van der Waals surface area contributed by atoms with Crippen LogP contribution in [0.3, 0.4) is 0 Å². The summed E-state index contributed by atoms with van der Waals surface area (Å²) in [5.74, 6) is 0. The van der Waals surface area contributed by atoms with Crippen molar-refractivity contribution in [3.63, 3.8) is 0 Å². The molecule has 0 aromatic rings. The van der Waals surface area contributed by atoms with E-state index in [1.54, 1.807) is 0 Å². The van der Waals surface area contributed by atoms with E-state index >= 15 is 0 Å². The van der Waals surface area contributed by atoms with Gasteiger partial charge >= 0.3 is 0 Å². The lowest BCUT2D eigenvalue weighted by molar-refractivity contribution is 0.167. The number of nitrogens with zero attached hydrogens (tertiary/aromatic N) is 1. The molecule has 0 aliphatic carbocycles. The Morgan fingerprint density at radius 3 is 2.10 bits per heavy atom. The van der Waals surface area contributed by atoms with Crippen molar-refractivity contribution >= 4 is 0 Å². The number of nitrogens with two attached hydrogens (primary N) is 1. The molecule has 1 aliphatic rings. The smallest absolute Gasteiger partial charge is 0.0304 e. The van der Waals surface area contributed by atoms with Crippen molar-refractivity contribution < 1.29 is 0 Å². The van der Waals surface area contributed by atoms with Crippen molar-refractivity contribution in [1.82, 2.24) is 4.90 Å². The summed E-state index contributed by atoms with van der Waals surface area (Å²) in [6, 6.07) is 0.984. The Balaban J connectivity index is 2.75. The van der Waals surface area contributed by atoms with E-state index in [2.05, 4.69) is 32.7 Å². The third-order valence-corrected chi connectivity index (χ3v) is 3.07. The maximum absolute atomic E-state index is 5.95. The van der Waals surface area contributed by atoms with Crippen LogP contribution in [0.4, 0.5) is 0 Å². The van der Waals surface area contributed by atoms with Crippen LogP contribution in [-0.2, 0) is 0 Å². The van der Waals surface area contributed by atoms with Gasteiger partial charge in [-0.3, -0.25) is 4.90 Å². The van der Waals surface area contributed by atoms with Crippen molar-refractivity contribution in [2.24, 2.45) is 5.73 Å². The fraction of sp³-hybridized carbons (Fsp3) is 1.00. The van der Waals surface area contributed by atoms with E-state index in [4.69, 9.17) is 5.73 Å². The molecule has 1 saturated heterocycles. The largest absolute Gasteiger partial charge is 0.326 e. The molecule has 10 heavy (non-hydrogen) atoms. The molecule has 2 unspecified atom stereocenters. The van der Waals surface area contributed by atoms with Gasteiger partial charge < -0.3 is 5.73 Å². The van der Waals surface area contributed by atoms with E-state index in [0.717, 1.165) is 6.42 Å². The Bertz CT molecular complexity index is 131. The van der Waals surface area contributed by atoms with E-state index < -0.39 is 0 Å². The standard InChI is InChI=1S/C8H18N2/c1-6-5-7(9)8(2,3)10(6)4/h6-7H,5,9H2,1-4H3. The molecular formula is C8H18N2. The number of likely N-dealkylation sites (tertiary alicyclic amines) is 1. The molecule has 0 radical (unpaired) electrons. The maximum Gasteiger partial charge on any atom is 0.0304 e. The average Bonchev–Trinajstić information content (AvgIpc) is 1.97. The average molecular weight is 142 g/mol. The van der Waals surface area contributed by atoms with Gasteiger partial charge in [-0.05, 0) is 34.2 Å². The first-order valence-electron chi connectivity index (χ1n) is 3.94. The van der Waals surface area contributed by atoms with Gasteiger partial charge in [-0.15, -0.1) is 0 Å². The van der Waals surface area contributed by atoms with Gasteiger partial charge in [0.25, 0.3) is 0 Å². The summed E-state index contributed by atoms with van der Waals surface area (Å²) in [5.41, 5.74) is 6.15. The summed E-state index contributed by atoms with van der Waals surface area (Å²) >= 11 is 0. The summed E-state index contributed by atoms with van der Waals surface area (Å²) in [6.07, 6.45) is 1.13. The van der Waals surface area contributed by atoms with E-state index in [9.17, 15) is 0 Å². The zero-order valence-electron chi connectivity index (χ0n) is 7.39. The SMILES string of the molecule is CC1CC(N)C(C)(C)N1C. The van der Waals surface area contributed by atoms with E-state index in [-0.39, 0.29) is 5.54 Å². The lowest BCUT2D eigenvalue weighted by atomic mass is 9.97. The summed E-state index contributed by atoms with van der Waals surface area (Å²) in [7, 11) is 2.15. The molecule has 2 heteroatoms. The highest BCUT2D eigenvalue weighted by Crippen LogP contribution is 2.30. The molecule has 2 atom stereocenters. The monoisotopic (exact) mass is 142 g/mol. The first kappa shape index (κ1) is 8.02. The van der Waals surface area contributed by atoms with Gasteiger partial charge in [0.2, 0.25) is 0 Å². The molecule has 0 spiro atoms. The van der Waals surface area contributed by atoms with E-state index in [1.807, 2.05) is 0 Å². The van der Waals surface area contributed by atoms with Crippen LogP contribution in [0.1, 0.15) is 27.2 Å². The van der Waals surface area contributed by atoms with Crippen LogP contribution in [0.15, 0.2) is 0 Å². The Morgan fingerprint density at radius 2 is 2.00 bits per heavy atom. The number of hydrogen-bond acceptors (Lipinski definition) is 2. The van der Waals surface area contributed by atoms with Gasteiger partial charge in [0, 0.05) is 17.6 Å². The molecule has 0 aromatic heterocycles. The molecule has 0 aromatic carbocycles. The van der Waals surface area contributed by atoms with Crippen LogP contribution in [0.2, 0.25) is 0 Å². The first-order valence-corrected chi connectivity index (χ1v) is 3.94. The first-order chi connectivity index (χ1) is 4.46. The number of rotatable bonds is 0. The Kier molecular flexibility index (Phi) is 1.77. The molecular weight excluding hydrogens is 124 g/mol. The lowest BCUT2D eigenvalue weighted by Gasteiger charge is -2.32. The highest BCUT2D eigenvalue weighted by atomic mass is 15.2. The van der Waals surface area contributed by atoms with Crippen LogP contribution in [0.25, 0.3) is 0 Å². The summed E-state index contributed by atoms with van der Waals surface area (Å²) in [6.45, 7) is 6.65. The van der Waals surface area contributed by atoms with Crippen LogP contribution >= 0.6 is 0 Å². The minimum absolute atomic E-state index is 0.194. The van der Waals surface area contributed by atoms with Gasteiger partial charge in [-0.2, -0.15) is 0 Å². The van der Waals surface area contributed by atoms with Crippen molar-refractivity contribution in [3.8, 4) is 0 Å². The molecule has 2 nitrogen and oxygen atoms in total. The van der Waals surface area contributed by atoms with Crippen LogP contribution < -0.4 is 5.73 Å². The quantitative estimate of drug-likeness (QED) is 0.542. The highest BCUT2D eigenvalue weighted by Gasteiger charge is 2.40. The van der Waals surface area contributed by atoms with Crippen molar-refractivity contribution in [1.29, 1.82) is 0 Å². The van der Waals surface area contributed by atoms with Crippen LogP contribution in [0, 0.1) is 0 Å². The Morgan fingerprint density at radius 1 is 1.50 bits per heavy atom. The fourth-order valence-electron chi connectivity index (χ4n) is 1.64. The fourth-order valence-corrected chi connectivity index (χ4v) is 1.64. The summed E-state index contributed by atoms with van der Waals surface area (Å²) in [5, 5.41) is 0. The van der Waals surface area contributed by atoms with Gasteiger partial charge in [-0.1, -0.05) is 0 Å². The van der Waals surface area contributed by atoms with Gasteiger partial charge in [0.1, 0.15) is 0 Å². The summed E-state index contributed by atoms with van der Waals surface area (Å²) in [4.78, 5) is 2.36. The highest BCUT2D eigenvalue weighted by molar-refractivity contribution is 5.00. The van der Waals surface area contributed by atoms with Crippen LogP contribution in [-0.4, -0.2) is 29.6 Å². The third kappa shape index (κ3) is 0.956. The minimum atomic E-state index is 0.194. The molecule has 2 N–H and O–H groups in total. The normalized spacial score (nSPS) is 40.5. The number of hydrogen-bond donors (Lipinski definition) is 1. The second-order valence-corrected chi connectivity index (χ2v) is 3.96. The number of likely N-dealkylation sites (N-methyl/N-ethyl adjacent to an activating group) is 1. The molecule has 0 saturated carbocycles. The predicted octanol–water partition coefficient (Wildman–Crippen LogP) is 0.816. The van der Waals surface area contributed by atoms with Crippen molar-refractivity contribution in [2.45, 2.75) is 44.8 Å². The second-order valence-electron chi connectivity index (χ2n) is 3.96. The van der Waals surface area contributed by atoms with Gasteiger partial charge in [0.15, 0.2) is 0 Å². The predicted molar refractivity (Wildman–Crippen MR) is 43.9 cm³/mol. The molecule has 1 rings (SSSR count). The van der Waals surface area contributed by atoms with Crippen LogP contribution in [0.5, 0.6) is 0 Å². The molecule has 1 heterocycles. The molecule has 0 bridgehead atoms. The van der Waals surface area contributed by atoms with Crippen molar-refractivity contribution in [3.05, 3.63) is 0 Å². The Hall–Kier alpha value is -0.0800. The maximum atomic E-state index is 5.95. The zero-order chi connectivity index (χ0) is 7.94. The zero-order valence-corrected chi connectivity index (χ0v) is 7.39. The molecule has 1 fully saturated rings. The second kappa shape index (κ2) is 2.21. The lowest BCUT2D eigenvalue weighted by Crippen LogP contribution is -2.47. The third-order valence-electron chi connectivity index (χ3n) is 3.07. The molecule has 1 aliphatic heterocycles. The minimum Gasteiger partial charge on any atom is -0.326 e. The Labute approximate surface area is 63.4 Å². The van der Waals surface area contributed by atoms with Crippen molar-refractivity contribution in [2.75, 3.05) is 7.05 Å². The van der Waals surface area contributed by atoms with E-state index in [0.29, 0.717) is 12.1 Å². The molecule has 0 amide bonds. The topological polar surface area (TPSA) is 29.3 Å². The van der Waals surface area contributed by atoms with Gasteiger partial charge in [-0.25, -0.2) is 0 Å². The van der Waals surface area contributed by atoms with Gasteiger partial charge in [0.05, 0.1) is 0 Å². The molecule has 60 valence electrons. The summed E-state index contributed by atoms with van der Waals surface area (Å²) < 4.78 is 0. The van der Waals surface area contributed by atoms with E-state index in [1.165, 1.54) is 0 Å².